The summed E-state index contributed by atoms with van der Waals surface area (Å²) in [4.78, 5) is 2.87. The van der Waals surface area contributed by atoms with Crippen molar-refractivity contribution in [1.29, 1.82) is 0 Å². The van der Waals surface area contributed by atoms with Gasteiger partial charge in [-0.1, -0.05) is 35.0 Å². The number of benzene rings is 1. The molecule has 20 heavy (non-hydrogen) atoms. The Bertz CT molecular complexity index is 729. The van der Waals surface area contributed by atoms with Crippen LogP contribution in [0, 0.1) is 0 Å². The second kappa shape index (κ2) is 5.26. The highest BCUT2D eigenvalue weighted by atomic mass is 35.5. The molecule has 0 saturated carbocycles. The maximum Gasteiger partial charge on any atom is 0.257 e. The summed E-state index contributed by atoms with van der Waals surface area (Å²) < 4.78 is 26.7. The summed E-state index contributed by atoms with van der Waals surface area (Å²) in [6.45, 7) is 0.445. The normalized spacial score (nSPS) is 20.4. The number of hydrogen-bond donors (Lipinski definition) is 0. The number of thioether (sulfide) groups is 1. The number of fused-ring (bicyclic) bond motifs is 1. The van der Waals surface area contributed by atoms with Crippen LogP contribution in [-0.4, -0.2) is 30.8 Å². The lowest BCUT2D eigenvalue weighted by atomic mass is 10.1. The number of halogens is 2. The Labute approximate surface area is 131 Å². The van der Waals surface area contributed by atoms with Gasteiger partial charge in [-0.2, -0.15) is 0 Å². The van der Waals surface area contributed by atoms with Gasteiger partial charge in [0, 0.05) is 34.1 Å². The topological polar surface area (TPSA) is 49.7 Å². The lowest BCUT2D eigenvalue weighted by Gasteiger charge is -2.19. The zero-order valence-electron chi connectivity index (χ0n) is 10.2. The molecule has 0 saturated heterocycles. The van der Waals surface area contributed by atoms with Gasteiger partial charge in [-0.25, -0.2) is 8.42 Å². The van der Waals surface area contributed by atoms with Crippen LogP contribution < -0.4 is 0 Å². The number of sulfonamides is 1. The first-order valence-corrected chi connectivity index (χ1v) is 9.03. The molecule has 2 aliphatic rings. The zero-order chi connectivity index (χ0) is 14.3. The van der Waals surface area contributed by atoms with E-state index >= 15 is 0 Å². The lowest BCUT2D eigenvalue weighted by Crippen LogP contribution is -2.31. The molecule has 1 aromatic rings. The lowest BCUT2D eigenvalue weighted by molar-refractivity contribution is 0.556. The van der Waals surface area contributed by atoms with Crippen LogP contribution >= 0.6 is 35.0 Å². The highest BCUT2D eigenvalue weighted by Gasteiger charge is 2.29. The molecule has 0 N–H and O–H groups in total. The summed E-state index contributed by atoms with van der Waals surface area (Å²) >= 11 is 13.5. The summed E-state index contributed by atoms with van der Waals surface area (Å²) in [5.41, 5.74) is 0.918. The fourth-order valence-corrected chi connectivity index (χ4v) is 4.62. The summed E-state index contributed by atoms with van der Waals surface area (Å²) in [6.07, 6.45) is 2.54. The molecular weight excluding hydrogens is 339 g/mol. The van der Waals surface area contributed by atoms with Crippen LogP contribution in [-0.2, 0) is 16.4 Å². The first kappa shape index (κ1) is 14.3. The van der Waals surface area contributed by atoms with Crippen molar-refractivity contribution in [2.75, 3.05) is 12.3 Å². The maximum atomic E-state index is 11.5. The summed E-state index contributed by atoms with van der Waals surface area (Å²) in [6, 6.07) is 5.32. The molecule has 8 heteroatoms. The van der Waals surface area contributed by atoms with Crippen LogP contribution in [0.5, 0.6) is 0 Å². The molecule has 0 amide bonds. The van der Waals surface area contributed by atoms with Crippen LogP contribution in [0.3, 0.4) is 0 Å². The van der Waals surface area contributed by atoms with E-state index in [0.717, 1.165) is 10.5 Å². The molecule has 106 valence electrons. The Morgan fingerprint density at radius 1 is 1.35 bits per heavy atom. The van der Waals surface area contributed by atoms with E-state index in [0.29, 0.717) is 28.2 Å². The molecule has 0 radical (unpaired) electrons. The molecule has 0 aliphatic carbocycles. The number of rotatable bonds is 2. The third-order valence-electron chi connectivity index (χ3n) is 2.95. The number of amidine groups is 1. The monoisotopic (exact) mass is 348 g/mol. The minimum atomic E-state index is -3.30. The van der Waals surface area contributed by atoms with Gasteiger partial charge in [0.25, 0.3) is 10.0 Å². The highest BCUT2D eigenvalue weighted by Crippen LogP contribution is 2.35. The molecular formula is C12H10Cl2N2O2S2. The number of hydrogen-bond acceptors (Lipinski definition) is 4. The van der Waals surface area contributed by atoms with Gasteiger partial charge in [-0.05, 0) is 23.8 Å². The largest absolute Gasteiger partial charge is 0.325 e. The van der Waals surface area contributed by atoms with E-state index in [4.69, 9.17) is 23.2 Å². The van der Waals surface area contributed by atoms with Crippen LogP contribution in [0.25, 0.3) is 0 Å². The quantitative estimate of drug-likeness (QED) is 0.823. The van der Waals surface area contributed by atoms with E-state index in [1.807, 2.05) is 17.2 Å². The van der Waals surface area contributed by atoms with Gasteiger partial charge < -0.3 is 4.90 Å². The van der Waals surface area contributed by atoms with Crippen molar-refractivity contribution in [3.63, 3.8) is 0 Å². The predicted octanol–water partition coefficient (Wildman–Crippen LogP) is 3.13. The van der Waals surface area contributed by atoms with Crippen molar-refractivity contribution < 1.29 is 8.42 Å². The maximum absolute atomic E-state index is 11.5. The average Bonchev–Trinajstić information content (AvgIpc) is 2.74. The summed E-state index contributed by atoms with van der Waals surface area (Å²) in [7, 11) is -3.30. The van der Waals surface area contributed by atoms with E-state index in [9.17, 15) is 8.42 Å². The van der Waals surface area contributed by atoms with E-state index in [2.05, 4.69) is 4.40 Å². The fourth-order valence-electron chi connectivity index (χ4n) is 1.99. The van der Waals surface area contributed by atoms with Crippen molar-refractivity contribution in [3.8, 4) is 0 Å². The third-order valence-corrected chi connectivity index (χ3v) is 5.84. The Kier molecular flexibility index (Phi) is 3.75. The fraction of sp³-hybridized carbons (Fsp3) is 0.250. The molecule has 2 heterocycles. The van der Waals surface area contributed by atoms with Gasteiger partial charge in [0.05, 0.1) is 5.75 Å². The third kappa shape index (κ3) is 2.98. The Balaban J connectivity index is 1.83. The van der Waals surface area contributed by atoms with Gasteiger partial charge >= 0.3 is 0 Å². The van der Waals surface area contributed by atoms with Crippen molar-refractivity contribution in [3.05, 3.63) is 44.9 Å². The van der Waals surface area contributed by atoms with Gasteiger partial charge in [0.15, 0.2) is 5.17 Å². The Hall–Kier alpha value is -0.690. The first-order chi connectivity index (χ1) is 9.43. The molecule has 0 atom stereocenters. The summed E-state index contributed by atoms with van der Waals surface area (Å²) in [5, 5.41) is 1.80. The highest BCUT2D eigenvalue weighted by molar-refractivity contribution is 8.18. The molecule has 0 fully saturated rings. The van der Waals surface area contributed by atoms with Crippen LogP contribution in [0.15, 0.2) is 33.7 Å². The van der Waals surface area contributed by atoms with E-state index in [1.165, 1.54) is 11.8 Å². The van der Waals surface area contributed by atoms with Crippen molar-refractivity contribution >= 4 is 50.2 Å². The van der Waals surface area contributed by atoms with E-state index < -0.39 is 10.0 Å². The number of allylic oxidation sites excluding steroid dienone is 1. The molecule has 0 bridgehead atoms. The SMILES string of the molecule is O=S1(=O)CCN2C=C(Cc3cc(Cl)ccc3Cl)SC2=N1. The molecule has 0 spiro atoms. The van der Waals surface area contributed by atoms with E-state index in [1.54, 1.807) is 12.1 Å². The minimum Gasteiger partial charge on any atom is -0.325 e. The standard InChI is InChI=1S/C12H10Cl2N2O2S2/c13-9-1-2-11(14)8(5-9)6-10-7-16-3-4-20(17,18)15-12(16)19-10/h1-2,5,7H,3-4,6H2. The number of nitrogens with zero attached hydrogens (tertiary/aromatic N) is 2. The Morgan fingerprint density at radius 2 is 2.15 bits per heavy atom. The predicted molar refractivity (Wildman–Crippen MR) is 83.8 cm³/mol. The summed E-state index contributed by atoms with van der Waals surface area (Å²) in [5.74, 6) is 0.0543. The van der Waals surface area contributed by atoms with Gasteiger partial charge in [0.1, 0.15) is 0 Å². The first-order valence-electron chi connectivity index (χ1n) is 5.85. The second-order valence-corrected chi connectivity index (χ2v) is 8.16. The molecule has 0 unspecified atom stereocenters. The van der Waals surface area contributed by atoms with Crippen LogP contribution in [0.4, 0.5) is 0 Å². The average molecular weight is 349 g/mol. The van der Waals surface area contributed by atoms with Crippen molar-refractivity contribution in [2.45, 2.75) is 6.42 Å². The van der Waals surface area contributed by atoms with Crippen molar-refractivity contribution in [2.24, 2.45) is 4.40 Å². The van der Waals surface area contributed by atoms with Crippen LogP contribution in [0.1, 0.15) is 5.56 Å². The van der Waals surface area contributed by atoms with Gasteiger partial charge in [0.2, 0.25) is 0 Å². The minimum absolute atomic E-state index is 0.0543. The molecule has 2 aliphatic heterocycles. The van der Waals surface area contributed by atoms with Crippen molar-refractivity contribution in [1.82, 2.24) is 4.90 Å². The molecule has 4 nitrogen and oxygen atoms in total. The molecule has 1 aromatic carbocycles. The zero-order valence-corrected chi connectivity index (χ0v) is 13.4. The Morgan fingerprint density at radius 3 is 2.95 bits per heavy atom. The molecule has 3 rings (SSSR count). The van der Waals surface area contributed by atoms with Gasteiger partial charge in [-0.3, -0.25) is 0 Å². The van der Waals surface area contributed by atoms with Crippen LogP contribution in [0.2, 0.25) is 10.0 Å². The van der Waals surface area contributed by atoms with E-state index in [-0.39, 0.29) is 5.75 Å². The second-order valence-electron chi connectivity index (χ2n) is 4.46. The molecule has 0 aromatic heterocycles. The van der Waals surface area contributed by atoms with Gasteiger partial charge in [-0.15, -0.1) is 4.40 Å². The smallest absolute Gasteiger partial charge is 0.257 e.